The summed E-state index contributed by atoms with van der Waals surface area (Å²) in [5.41, 5.74) is 6.23. The number of rotatable bonds is 14. The first-order chi connectivity index (χ1) is 15.7. The van der Waals surface area contributed by atoms with Gasteiger partial charge in [0.05, 0.1) is 6.54 Å². The van der Waals surface area contributed by atoms with E-state index in [0.29, 0.717) is 6.42 Å². The van der Waals surface area contributed by atoms with E-state index in [0.717, 1.165) is 5.56 Å². The fourth-order valence-corrected chi connectivity index (χ4v) is 3.56. The summed E-state index contributed by atoms with van der Waals surface area (Å²) in [6, 6.07) is 8.74. The van der Waals surface area contributed by atoms with Crippen LogP contribution in [-0.2, 0) is 25.6 Å². The molecule has 0 spiro atoms. The van der Waals surface area contributed by atoms with Crippen LogP contribution in [0.25, 0.3) is 0 Å². The molecule has 0 unspecified atom stereocenters. The number of carbonyl (C=O) groups is 4. The largest absolute Gasteiger partial charge is 0.368 e. The maximum Gasteiger partial charge on any atom is 0.239 e. The quantitative estimate of drug-likeness (QED) is 0.384. The Morgan fingerprint density at radius 2 is 1.53 bits per heavy atom. The first-order valence-electron chi connectivity index (χ1n) is 12.1. The van der Waals surface area contributed by atoms with Gasteiger partial charge in [0, 0.05) is 30.7 Å². The molecule has 0 bridgehead atoms. The number of carbonyl (C=O) groups excluding carboxylic acids is 4. The van der Waals surface area contributed by atoms with Gasteiger partial charge in [0.15, 0.2) is 0 Å². The molecule has 0 aliphatic rings. The molecule has 0 aromatic heterocycles. The van der Waals surface area contributed by atoms with Crippen LogP contribution in [0.3, 0.4) is 0 Å². The summed E-state index contributed by atoms with van der Waals surface area (Å²) in [4.78, 5) is 50.3. The van der Waals surface area contributed by atoms with E-state index in [1.807, 2.05) is 51.1 Å². The molecule has 2 amide bonds. The molecule has 7 heteroatoms. The molecule has 1 aromatic carbocycles. The predicted octanol–water partition coefficient (Wildman–Crippen LogP) is 3.05. The molecule has 0 saturated heterocycles. The zero-order valence-electron chi connectivity index (χ0n) is 21.8. The van der Waals surface area contributed by atoms with Crippen LogP contribution in [0.15, 0.2) is 30.3 Å². The SMILES string of the molecule is CC(C)[C@H](CC(=O)CN[C@@H](C)C(C)(C)C)C(=O)C[C@@H](Cc1ccccc1)C(=O)N[C@@H](C)C(N)=O. The minimum atomic E-state index is -0.834. The van der Waals surface area contributed by atoms with E-state index in [4.69, 9.17) is 5.73 Å². The van der Waals surface area contributed by atoms with Crippen molar-refractivity contribution in [3.8, 4) is 0 Å². The highest BCUT2D eigenvalue weighted by atomic mass is 16.2. The van der Waals surface area contributed by atoms with Crippen molar-refractivity contribution in [1.82, 2.24) is 10.6 Å². The van der Waals surface area contributed by atoms with Crippen molar-refractivity contribution in [3.05, 3.63) is 35.9 Å². The molecule has 1 aromatic rings. The van der Waals surface area contributed by atoms with Gasteiger partial charge in [-0.15, -0.1) is 0 Å². The van der Waals surface area contributed by atoms with Gasteiger partial charge in [-0.05, 0) is 37.2 Å². The second kappa shape index (κ2) is 13.4. The lowest BCUT2D eigenvalue weighted by atomic mass is 9.81. The number of ketones is 2. The summed E-state index contributed by atoms with van der Waals surface area (Å²) in [7, 11) is 0. The van der Waals surface area contributed by atoms with E-state index in [1.54, 1.807) is 0 Å². The van der Waals surface area contributed by atoms with Crippen molar-refractivity contribution in [2.45, 2.75) is 79.8 Å². The fraction of sp³-hybridized carbons (Fsp3) is 0.630. The molecule has 190 valence electrons. The molecule has 4 N–H and O–H groups in total. The maximum absolute atomic E-state index is 13.3. The van der Waals surface area contributed by atoms with Crippen molar-refractivity contribution in [2.75, 3.05) is 6.54 Å². The van der Waals surface area contributed by atoms with Crippen LogP contribution in [0.4, 0.5) is 0 Å². The molecule has 0 radical (unpaired) electrons. The van der Waals surface area contributed by atoms with Gasteiger partial charge >= 0.3 is 0 Å². The first kappa shape index (κ1) is 29.5. The summed E-state index contributed by atoms with van der Waals surface area (Å²) in [6.45, 7) is 13.9. The number of hydrogen-bond acceptors (Lipinski definition) is 5. The fourth-order valence-electron chi connectivity index (χ4n) is 3.56. The monoisotopic (exact) mass is 473 g/mol. The van der Waals surface area contributed by atoms with Crippen molar-refractivity contribution in [3.63, 3.8) is 0 Å². The first-order valence-corrected chi connectivity index (χ1v) is 12.1. The van der Waals surface area contributed by atoms with E-state index < -0.39 is 29.7 Å². The highest BCUT2D eigenvalue weighted by molar-refractivity contribution is 5.93. The van der Waals surface area contributed by atoms with E-state index in [9.17, 15) is 19.2 Å². The molecular weight excluding hydrogens is 430 g/mol. The van der Waals surface area contributed by atoms with Gasteiger partial charge in [0.1, 0.15) is 17.6 Å². The molecule has 34 heavy (non-hydrogen) atoms. The Morgan fingerprint density at radius 3 is 2.03 bits per heavy atom. The van der Waals surface area contributed by atoms with Crippen LogP contribution in [0.5, 0.6) is 0 Å². The summed E-state index contributed by atoms with van der Waals surface area (Å²) < 4.78 is 0. The minimum Gasteiger partial charge on any atom is -0.368 e. The smallest absolute Gasteiger partial charge is 0.239 e. The molecule has 0 fully saturated rings. The zero-order valence-corrected chi connectivity index (χ0v) is 21.8. The number of hydrogen-bond donors (Lipinski definition) is 3. The molecule has 7 nitrogen and oxygen atoms in total. The molecule has 0 aliphatic heterocycles. The topological polar surface area (TPSA) is 118 Å². The Hall–Kier alpha value is -2.54. The predicted molar refractivity (Wildman–Crippen MR) is 135 cm³/mol. The van der Waals surface area contributed by atoms with Gasteiger partial charge in [-0.25, -0.2) is 0 Å². The van der Waals surface area contributed by atoms with Crippen LogP contribution in [0.1, 0.15) is 66.9 Å². The third-order valence-electron chi connectivity index (χ3n) is 6.50. The van der Waals surface area contributed by atoms with E-state index >= 15 is 0 Å². The van der Waals surface area contributed by atoms with Gasteiger partial charge < -0.3 is 16.4 Å². The number of amides is 2. The third kappa shape index (κ3) is 10.2. The van der Waals surface area contributed by atoms with E-state index in [2.05, 4.69) is 31.4 Å². The summed E-state index contributed by atoms with van der Waals surface area (Å²) >= 11 is 0. The molecule has 4 atom stereocenters. The van der Waals surface area contributed by atoms with Crippen LogP contribution in [0.2, 0.25) is 0 Å². The Kier molecular flexibility index (Phi) is 11.6. The van der Waals surface area contributed by atoms with Gasteiger partial charge in [0.2, 0.25) is 11.8 Å². The van der Waals surface area contributed by atoms with Crippen molar-refractivity contribution < 1.29 is 19.2 Å². The Labute approximate surface area is 204 Å². The second-order valence-electron chi connectivity index (χ2n) is 10.8. The van der Waals surface area contributed by atoms with Crippen molar-refractivity contribution in [2.24, 2.45) is 28.9 Å². The second-order valence-corrected chi connectivity index (χ2v) is 10.8. The van der Waals surface area contributed by atoms with Crippen LogP contribution >= 0.6 is 0 Å². The molecule has 0 heterocycles. The Bertz CT molecular complexity index is 830. The third-order valence-corrected chi connectivity index (χ3v) is 6.50. The highest BCUT2D eigenvalue weighted by Gasteiger charge is 2.31. The Balaban J connectivity index is 2.93. The lowest BCUT2D eigenvalue weighted by Crippen LogP contribution is -2.46. The lowest BCUT2D eigenvalue weighted by Gasteiger charge is -2.28. The molecule has 1 rings (SSSR count). The van der Waals surface area contributed by atoms with Gasteiger partial charge in [-0.1, -0.05) is 65.0 Å². The summed E-state index contributed by atoms with van der Waals surface area (Å²) in [5, 5.41) is 5.88. The van der Waals surface area contributed by atoms with Crippen LogP contribution in [-0.4, -0.2) is 42.0 Å². The standard InChI is InChI=1S/C27H43N3O4/c1-17(2)23(15-22(31)16-29-19(4)27(5,6)7)24(32)14-21(13-20-11-9-8-10-12-20)26(34)30-18(3)25(28)33/h8-12,17-19,21,23,29H,13-16H2,1-7H3,(H2,28,33)(H,30,34)/t18-,19-,21+,23-/m0/s1. The number of nitrogens with two attached hydrogens (primary N) is 1. The number of primary amides is 1. The number of benzene rings is 1. The average Bonchev–Trinajstić information content (AvgIpc) is 2.74. The van der Waals surface area contributed by atoms with Crippen molar-refractivity contribution >= 4 is 23.4 Å². The van der Waals surface area contributed by atoms with E-state index in [1.165, 1.54) is 6.92 Å². The maximum atomic E-state index is 13.3. The van der Waals surface area contributed by atoms with Gasteiger partial charge in [-0.3, -0.25) is 19.2 Å². The van der Waals surface area contributed by atoms with Crippen LogP contribution < -0.4 is 16.4 Å². The average molecular weight is 474 g/mol. The van der Waals surface area contributed by atoms with Gasteiger partial charge in [-0.2, -0.15) is 0 Å². The normalized spacial score (nSPS) is 15.3. The molecule has 0 saturated carbocycles. The van der Waals surface area contributed by atoms with Crippen LogP contribution in [0, 0.1) is 23.2 Å². The summed E-state index contributed by atoms with van der Waals surface area (Å²) in [6.07, 6.45) is 0.485. The number of nitrogens with one attached hydrogen (secondary N) is 2. The molecular formula is C27H43N3O4. The van der Waals surface area contributed by atoms with Crippen molar-refractivity contribution in [1.29, 1.82) is 0 Å². The highest BCUT2D eigenvalue weighted by Crippen LogP contribution is 2.24. The Morgan fingerprint density at radius 1 is 0.941 bits per heavy atom. The van der Waals surface area contributed by atoms with E-state index in [-0.39, 0.29) is 48.3 Å². The molecule has 0 aliphatic carbocycles. The minimum absolute atomic E-state index is 0.00579. The lowest BCUT2D eigenvalue weighted by molar-refractivity contribution is -0.134. The van der Waals surface area contributed by atoms with Gasteiger partial charge in [0.25, 0.3) is 0 Å². The zero-order chi connectivity index (χ0) is 26.1. The summed E-state index contributed by atoms with van der Waals surface area (Å²) in [5.74, 6) is -2.34. The number of Topliss-reactive ketones (excluding diaryl/α,β-unsaturated/α-hetero) is 2.